The maximum Gasteiger partial charge on any atom is 0.257 e. The van der Waals surface area contributed by atoms with Crippen molar-refractivity contribution in [1.29, 1.82) is 5.26 Å². The number of hydrogen-bond donors (Lipinski definition) is 0. The predicted octanol–water partition coefficient (Wildman–Crippen LogP) is 1.15. The number of amides is 1. The number of aromatic nitrogens is 2. The van der Waals surface area contributed by atoms with Gasteiger partial charge in [0.05, 0.1) is 24.8 Å². The Morgan fingerprint density at radius 2 is 2.33 bits per heavy atom. The number of rotatable bonds is 1. The fraction of sp³-hybridized carbons (Fsp3) is 0.400. The standard InChI is InChI=1S/C10H8Cl2N4O2/c11-8-3-7(9(12)15-14-8)10(17)16-1-2-18-6(4-13)5-16/h3,6H,1-2,5H2. The summed E-state index contributed by atoms with van der Waals surface area (Å²) in [5, 5.41) is 16.0. The number of hydrogen-bond acceptors (Lipinski definition) is 5. The van der Waals surface area contributed by atoms with Gasteiger partial charge < -0.3 is 9.64 Å². The van der Waals surface area contributed by atoms with Gasteiger partial charge in [0.25, 0.3) is 5.91 Å². The van der Waals surface area contributed by atoms with Crippen LogP contribution in [0.3, 0.4) is 0 Å². The Kier molecular flexibility index (Phi) is 3.97. The molecular formula is C10H8Cl2N4O2. The summed E-state index contributed by atoms with van der Waals surface area (Å²) in [4.78, 5) is 13.7. The van der Waals surface area contributed by atoms with E-state index < -0.39 is 6.10 Å². The van der Waals surface area contributed by atoms with Crippen LogP contribution in [-0.2, 0) is 4.74 Å². The Hall–Kier alpha value is -1.42. The molecule has 1 aromatic rings. The summed E-state index contributed by atoms with van der Waals surface area (Å²) < 4.78 is 5.16. The van der Waals surface area contributed by atoms with Gasteiger partial charge in [0.15, 0.2) is 16.4 Å². The van der Waals surface area contributed by atoms with Gasteiger partial charge in [-0.15, -0.1) is 10.2 Å². The first-order valence-corrected chi connectivity index (χ1v) is 5.86. The van der Waals surface area contributed by atoms with Crippen molar-refractivity contribution in [3.8, 4) is 6.07 Å². The molecule has 0 aliphatic carbocycles. The highest BCUT2D eigenvalue weighted by molar-refractivity contribution is 6.34. The van der Waals surface area contributed by atoms with Crippen molar-refractivity contribution in [2.45, 2.75) is 6.10 Å². The van der Waals surface area contributed by atoms with Crippen molar-refractivity contribution in [1.82, 2.24) is 15.1 Å². The van der Waals surface area contributed by atoms with E-state index in [-0.39, 0.29) is 28.3 Å². The number of nitriles is 1. The Morgan fingerprint density at radius 3 is 3.06 bits per heavy atom. The van der Waals surface area contributed by atoms with Crippen LogP contribution >= 0.6 is 23.2 Å². The van der Waals surface area contributed by atoms with Crippen molar-refractivity contribution in [3.63, 3.8) is 0 Å². The summed E-state index contributed by atoms with van der Waals surface area (Å²) in [6, 6.07) is 3.32. The molecule has 1 atom stereocenters. The van der Waals surface area contributed by atoms with Crippen LogP contribution in [-0.4, -0.2) is 46.8 Å². The lowest BCUT2D eigenvalue weighted by Crippen LogP contribution is -2.45. The minimum absolute atomic E-state index is 0.00982. The highest BCUT2D eigenvalue weighted by Crippen LogP contribution is 2.18. The predicted molar refractivity (Wildman–Crippen MR) is 63.3 cm³/mol. The normalized spacial score (nSPS) is 19.4. The Morgan fingerprint density at radius 1 is 1.56 bits per heavy atom. The number of nitrogens with zero attached hydrogens (tertiary/aromatic N) is 4. The van der Waals surface area contributed by atoms with Gasteiger partial charge in [-0.05, 0) is 6.07 Å². The number of ether oxygens (including phenoxy) is 1. The molecule has 2 heterocycles. The first-order chi connectivity index (χ1) is 8.61. The Labute approximate surface area is 113 Å². The van der Waals surface area contributed by atoms with Gasteiger partial charge in [-0.2, -0.15) is 5.26 Å². The van der Waals surface area contributed by atoms with E-state index in [4.69, 9.17) is 33.2 Å². The van der Waals surface area contributed by atoms with Gasteiger partial charge in [-0.3, -0.25) is 4.79 Å². The molecule has 1 aliphatic heterocycles. The molecule has 0 N–H and O–H groups in total. The van der Waals surface area contributed by atoms with E-state index in [2.05, 4.69) is 10.2 Å². The van der Waals surface area contributed by atoms with Crippen LogP contribution in [0.25, 0.3) is 0 Å². The first kappa shape index (κ1) is 13.0. The minimum Gasteiger partial charge on any atom is -0.360 e. The van der Waals surface area contributed by atoms with Gasteiger partial charge in [0.1, 0.15) is 0 Å². The van der Waals surface area contributed by atoms with Crippen molar-refractivity contribution in [2.75, 3.05) is 19.7 Å². The van der Waals surface area contributed by atoms with Crippen molar-refractivity contribution >= 4 is 29.1 Å². The van der Waals surface area contributed by atoms with E-state index >= 15 is 0 Å². The molecule has 6 nitrogen and oxygen atoms in total. The quantitative estimate of drug-likeness (QED) is 0.774. The molecule has 1 unspecified atom stereocenters. The van der Waals surface area contributed by atoms with E-state index in [0.717, 1.165) is 0 Å². The maximum atomic E-state index is 12.2. The first-order valence-electron chi connectivity index (χ1n) is 5.11. The molecule has 0 aromatic carbocycles. The van der Waals surface area contributed by atoms with E-state index in [1.807, 2.05) is 6.07 Å². The number of carbonyl (C=O) groups is 1. The van der Waals surface area contributed by atoms with Gasteiger partial charge in [0, 0.05) is 6.54 Å². The molecule has 8 heteroatoms. The number of halogens is 2. The summed E-state index contributed by atoms with van der Waals surface area (Å²) >= 11 is 11.5. The third-order valence-corrected chi connectivity index (χ3v) is 2.91. The zero-order valence-corrected chi connectivity index (χ0v) is 10.6. The molecule has 1 fully saturated rings. The molecule has 1 amide bonds. The van der Waals surface area contributed by atoms with Crippen molar-refractivity contribution in [3.05, 3.63) is 21.9 Å². The van der Waals surface area contributed by atoms with Crippen molar-refractivity contribution in [2.24, 2.45) is 0 Å². The van der Waals surface area contributed by atoms with Crippen LogP contribution in [0.1, 0.15) is 10.4 Å². The van der Waals surface area contributed by atoms with E-state index in [0.29, 0.717) is 13.2 Å². The SMILES string of the molecule is N#CC1CN(C(=O)c2cc(Cl)nnc2Cl)CCO1. The zero-order valence-electron chi connectivity index (χ0n) is 9.14. The molecule has 1 saturated heterocycles. The summed E-state index contributed by atoms with van der Waals surface area (Å²) in [6.45, 7) is 0.909. The molecule has 0 bridgehead atoms. The zero-order chi connectivity index (χ0) is 13.1. The topological polar surface area (TPSA) is 79.1 Å². The second-order valence-electron chi connectivity index (χ2n) is 3.61. The Balaban J connectivity index is 2.21. The minimum atomic E-state index is -0.619. The van der Waals surface area contributed by atoms with Crippen molar-refractivity contribution < 1.29 is 9.53 Å². The molecule has 1 aliphatic rings. The van der Waals surface area contributed by atoms with E-state index in [1.54, 1.807) is 0 Å². The summed E-state index contributed by atoms with van der Waals surface area (Å²) in [6.07, 6.45) is -0.619. The molecule has 1 aromatic heterocycles. The van der Waals surface area contributed by atoms with Gasteiger partial charge >= 0.3 is 0 Å². The number of morpholine rings is 1. The highest BCUT2D eigenvalue weighted by atomic mass is 35.5. The van der Waals surface area contributed by atoms with E-state index in [1.165, 1.54) is 11.0 Å². The summed E-state index contributed by atoms with van der Waals surface area (Å²) in [5.41, 5.74) is 0.176. The lowest BCUT2D eigenvalue weighted by molar-refractivity contribution is 0.00345. The van der Waals surface area contributed by atoms with Crippen LogP contribution in [0.4, 0.5) is 0 Å². The van der Waals surface area contributed by atoms with Crippen LogP contribution in [0, 0.1) is 11.3 Å². The second kappa shape index (κ2) is 5.48. The molecular weight excluding hydrogens is 279 g/mol. The highest BCUT2D eigenvalue weighted by Gasteiger charge is 2.26. The molecule has 18 heavy (non-hydrogen) atoms. The Bertz CT molecular complexity index is 517. The van der Waals surface area contributed by atoms with Crippen LogP contribution in [0.2, 0.25) is 10.3 Å². The van der Waals surface area contributed by atoms with Crippen LogP contribution in [0.5, 0.6) is 0 Å². The van der Waals surface area contributed by atoms with Crippen LogP contribution in [0.15, 0.2) is 6.07 Å². The fourth-order valence-electron chi connectivity index (χ4n) is 1.59. The average molecular weight is 287 g/mol. The number of carbonyl (C=O) groups excluding carboxylic acids is 1. The lowest BCUT2D eigenvalue weighted by Gasteiger charge is -2.29. The largest absolute Gasteiger partial charge is 0.360 e. The molecule has 2 rings (SSSR count). The van der Waals surface area contributed by atoms with E-state index in [9.17, 15) is 4.79 Å². The van der Waals surface area contributed by atoms with Gasteiger partial charge in [0.2, 0.25) is 0 Å². The molecule has 0 saturated carbocycles. The summed E-state index contributed by atoms with van der Waals surface area (Å²) in [7, 11) is 0. The smallest absolute Gasteiger partial charge is 0.257 e. The third-order valence-electron chi connectivity index (χ3n) is 2.45. The van der Waals surface area contributed by atoms with Gasteiger partial charge in [-0.1, -0.05) is 23.2 Å². The second-order valence-corrected chi connectivity index (χ2v) is 4.36. The molecule has 0 spiro atoms. The maximum absolute atomic E-state index is 12.2. The molecule has 0 radical (unpaired) electrons. The van der Waals surface area contributed by atoms with Crippen LogP contribution < -0.4 is 0 Å². The average Bonchev–Trinajstić information content (AvgIpc) is 2.41. The fourth-order valence-corrected chi connectivity index (χ4v) is 1.91. The summed E-state index contributed by atoms with van der Waals surface area (Å²) in [5.74, 6) is -0.333. The monoisotopic (exact) mass is 286 g/mol. The third kappa shape index (κ3) is 2.70. The molecule has 94 valence electrons. The van der Waals surface area contributed by atoms with Gasteiger partial charge in [-0.25, -0.2) is 0 Å². The lowest BCUT2D eigenvalue weighted by atomic mass is 10.2.